The van der Waals surface area contributed by atoms with E-state index < -0.39 is 15.3 Å². The normalized spacial score (nSPS) is 15.1. The van der Waals surface area contributed by atoms with E-state index in [0.717, 1.165) is 12.0 Å². The van der Waals surface area contributed by atoms with Crippen LogP contribution in [0.3, 0.4) is 0 Å². The molecule has 0 aliphatic heterocycles. The molecule has 0 spiro atoms. The van der Waals surface area contributed by atoms with Gasteiger partial charge < -0.3 is 5.11 Å². The Labute approximate surface area is 116 Å². The lowest BCUT2D eigenvalue weighted by molar-refractivity contribution is 0.183. The predicted molar refractivity (Wildman–Crippen MR) is 79.1 cm³/mol. The molecule has 1 aromatic carbocycles. The van der Waals surface area contributed by atoms with Crippen LogP contribution in [-0.2, 0) is 15.3 Å². The van der Waals surface area contributed by atoms with Gasteiger partial charge in [0.2, 0.25) is 0 Å². The van der Waals surface area contributed by atoms with Gasteiger partial charge in [-0.25, -0.2) is 8.42 Å². The highest BCUT2D eigenvalue weighted by Crippen LogP contribution is 2.31. The second-order valence-electron chi connectivity index (χ2n) is 5.06. The van der Waals surface area contributed by atoms with Crippen LogP contribution in [0.4, 0.5) is 0 Å². The van der Waals surface area contributed by atoms with Crippen LogP contribution in [0.5, 0.6) is 0 Å². The van der Waals surface area contributed by atoms with Crippen molar-refractivity contribution in [2.75, 3.05) is 18.1 Å². The zero-order chi connectivity index (χ0) is 14.4. The van der Waals surface area contributed by atoms with E-state index in [4.69, 9.17) is 0 Å². The van der Waals surface area contributed by atoms with Crippen LogP contribution in [0, 0.1) is 0 Å². The Balaban J connectivity index is 2.90. The molecular formula is C15H24O3S. The Morgan fingerprint density at radius 3 is 2.21 bits per heavy atom. The highest BCUT2D eigenvalue weighted by Gasteiger charge is 2.31. The van der Waals surface area contributed by atoms with Crippen LogP contribution < -0.4 is 0 Å². The SMILES string of the molecule is CCCS(=O)(=O)CCC(CC)(CO)c1ccccc1. The van der Waals surface area contributed by atoms with Gasteiger partial charge in [-0.05, 0) is 24.8 Å². The summed E-state index contributed by atoms with van der Waals surface area (Å²) in [6, 6.07) is 9.71. The Morgan fingerprint density at radius 1 is 1.11 bits per heavy atom. The molecule has 1 rings (SSSR count). The van der Waals surface area contributed by atoms with Gasteiger partial charge in [-0.3, -0.25) is 0 Å². The molecule has 0 aromatic heterocycles. The van der Waals surface area contributed by atoms with E-state index in [1.807, 2.05) is 44.2 Å². The molecule has 108 valence electrons. The Hall–Kier alpha value is -0.870. The van der Waals surface area contributed by atoms with E-state index >= 15 is 0 Å². The van der Waals surface area contributed by atoms with Gasteiger partial charge in [-0.1, -0.05) is 44.2 Å². The first kappa shape index (κ1) is 16.2. The second kappa shape index (κ2) is 7.06. The van der Waals surface area contributed by atoms with Crippen molar-refractivity contribution in [3.63, 3.8) is 0 Å². The number of rotatable bonds is 8. The molecule has 0 radical (unpaired) electrons. The van der Waals surface area contributed by atoms with Crippen molar-refractivity contribution in [3.8, 4) is 0 Å². The van der Waals surface area contributed by atoms with Crippen molar-refractivity contribution in [3.05, 3.63) is 35.9 Å². The number of aliphatic hydroxyl groups excluding tert-OH is 1. The third kappa shape index (κ3) is 4.32. The third-order valence-corrected chi connectivity index (χ3v) is 5.63. The molecule has 1 N–H and O–H groups in total. The van der Waals surface area contributed by atoms with Crippen LogP contribution in [0.1, 0.15) is 38.7 Å². The lowest BCUT2D eigenvalue weighted by Gasteiger charge is -2.31. The maximum absolute atomic E-state index is 11.9. The first-order valence-corrected chi connectivity index (χ1v) is 8.68. The lowest BCUT2D eigenvalue weighted by atomic mass is 9.76. The molecule has 0 aliphatic carbocycles. The smallest absolute Gasteiger partial charge is 0.150 e. The predicted octanol–water partition coefficient (Wildman–Crippen LogP) is 2.54. The summed E-state index contributed by atoms with van der Waals surface area (Å²) in [5.74, 6) is 0.372. The van der Waals surface area contributed by atoms with E-state index in [-0.39, 0.29) is 18.1 Å². The summed E-state index contributed by atoms with van der Waals surface area (Å²) >= 11 is 0. The zero-order valence-corrected chi connectivity index (χ0v) is 12.6. The van der Waals surface area contributed by atoms with Crippen LogP contribution in [0.2, 0.25) is 0 Å². The lowest BCUT2D eigenvalue weighted by Crippen LogP contribution is -2.32. The number of sulfone groups is 1. The van der Waals surface area contributed by atoms with Crippen LogP contribution in [-0.4, -0.2) is 31.6 Å². The van der Waals surface area contributed by atoms with E-state index in [0.29, 0.717) is 12.8 Å². The molecule has 4 heteroatoms. The molecule has 0 saturated heterocycles. The fraction of sp³-hybridized carbons (Fsp3) is 0.600. The van der Waals surface area contributed by atoms with Crippen molar-refractivity contribution in [2.24, 2.45) is 0 Å². The molecule has 0 aliphatic rings. The van der Waals surface area contributed by atoms with E-state index in [1.165, 1.54) is 0 Å². The van der Waals surface area contributed by atoms with Crippen molar-refractivity contribution < 1.29 is 13.5 Å². The molecule has 0 bridgehead atoms. The van der Waals surface area contributed by atoms with E-state index in [1.54, 1.807) is 0 Å². The second-order valence-corrected chi connectivity index (χ2v) is 7.36. The molecule has 0 heterocycles. The summed E-state index contributed by atoms with van der Waals surface area (Å²) in [6.45, 7) is 3.85. The van der Waals surface area contributed by atoms with Gasteiger partial charge >= 0.3 is 0 Å². The number of benzene rings is 1. The Bertz CT molecular complexity index is 461. The Morgan fingerprint density at radius 2 is 1.74 bits per heavy atom. The average molecular weight is 284 g/mol. The van der Waals surface area contributed by atoms with Gasteiger partial charge in [-0.15, -0.1) is 0 Å². The summed E-state index contributed by atoms with van der Waals surface area (Å²) < 4.78 is 23.7. The van der Waals surface area contributed by atoms with Gasteiger partial charge in [0.1, 0.15) is 9.84 Å². The molecule has 3 nitrogen and oxygen atoms in total. The summed E-state index contributed by atoms with van der Waals surface area (Å²) in [5.41, 5.74) is 0.578. The van der Waals surface area contributed by atoms with Crippen molar-refractivity contribution in [1.29, 1.82) is 0 Å². The topological polar surface area (TPSA) is 54.4 Å². The maximum atomic E-state index is 11.9. The van der Waals surface area contributed by atoms with E-state index in [2.05, 4.69) is 0 Å². The van der Waals surface area contributed by atoms with Crippen LogP contribution >= 0.6 is 0 Å². The number of aliphatic hydroxyl groups is 1. The van der Waals surface area contributed by atoms with E-state index in [9.17, 15) is 13.5 Å². The molecule has 19 heavy (non-hydrogen) atoms. The molecule has 0 fully saturated rings. The monoisotopic (exact) mass is 284 g/mol. The van der Waals surface area contributed by atoms with Gasteiger partial charge in [0.05, 0.1) is 12.4 Å². The molecule has 0 saturated carbocycles. The largest absolute Gasteiger partial charge is 0.395 e. The van der Waals surface area contributed by atoms with Crippen LogP contribution in [0.25, 0.3) is 0 Å². The first-order valence-electron chi connectivity index (χ1n) is 6.86. The maximum Gasteiger partial charge on any atom is 0.150 e. The van der Waals surface area contributed by atoms with Gasteiger partial charge in [-0.2, -0.15) is 0 Å². The van der Waals surface area contributed by atoms with Crippen molar-refractivity contribution in [2.45, 2.75) is 38.5 Å². The average Bonchev–Trinajstić information content (AvgIpc) is 2.41. The number of hydrogen-bond acceptors (Lipinski definition) is 3. The zero-order valence-electron chi connectivity index (χ0n) is 11.8. The fourth-order valence-electron chi connectivity index (χ4n) is 2.36. The van der Waals surface area contributed by atoms with Crippen molar-refractivity contribution in [1.82, 2.24) is 0 Å². The van der Waals surface area contributed by atoms with Crippen molar-refractivity contribution >= 4 is 9.84 Å². The minimum absolute atomic E-state index is 0.0187. The fourth-order valence-corrected chi connectivity index (χ4v) is 3.89. The standard InChI is InChI=1S/C15H24O3S/c1-3-11-19(17,18)12-10-15(4-2,13-16)14-8-6-5-7-9-14/h5-9,16H,3-4,10-13H2,1-2H3. The summed E-state index contributed by atoms with van der Waals surface area (Å²) in [4.78, 5) is 0. The third-order valence-electron chi connectivity index (χ3n) is 3.77. The molecular weight excluding hydrogens is 260 g/mol. The molecule has 1 aromatic rings. The molecule has 1 unspecified atom stereocenters. The molecule has 1 atom stereocenters. The molecule has 0 amide bonds. The highest BCUT2D eigenvalue weighted by molar-refractivity contribution is 7.91. The van der Waals surface area contributed by atoms with Gasteiger partial charge in [0, 0.05) is 11.2 Å². The first-order chi connectivity index (χ1) is 8.99. The summed E-state index contributed by atoms with van der Waals surface area (Å²) in [7, 11) is -3.00. The van der Waals surface area contributed by atoms with Crippen LogP contribution in [0.15, 0.2) is 30.3 Å². The Kier molecular flexibility index (Phi) is 6.01. The summed E-state index contributed by atoms with van der Waals surface area (Å²) in [5, 5.41) is 9.76. The summed E-state index contributed by atoms with van der Waals surface area (Å²) in [6.07, 6.45) is 1.85. The van der Waals surface area contributed by atoms with Gasteiger partial charge in [0.15, 0.2) is 0 Å². The quantitative estimate of drug-likeness (QED) is 0.798. The van der Waals surface area contributed by atoms with Gasteiger partial charge in [0.25, 0.3) is 0 Å². The minimum atomic E-state index is -3.00. The highest BCUT2D eigenvalue weighted by atomic mass is 32.2. The minimum Gasteiger partial charge on any atom is -0.395 e. The number of hydrogen-bond donors (Lipinski definition) is 1.